The van der Waals surface area contributed by atoms with Crippen molar-refractivity contribution in [2.45, 2.75) is 19.9 Å². The molecule has 0 aromatic heterocycles. The third-order valence-electron chi connectivity index (χ3n) is 2.66. The molecule has 0 saturated carbocycles. The highest BCUT2D eigenvalue weighted by Gasteiger charge is 2.17. The Balaban J connectivity index is 2.82. The van der Waals surface area contributed by atoms with Crippen molar-refractivity contribution in [2.24, 2.45) is 5.73 Å². The standard InChI is InChI=1S/C14H20N2O/c1-11(2)9-16(10-14(15)17)12(3)13-7-5-4-6-8-13/h4-8,12H,1,9-10H2,2-3H3,(H2,15,17)/t12-/m1/s1. The van der Waals surface area contributed by atoms with Gasteiger partial charge in [-0.2, -0.15) is 0 Å². The molecular formula is C14H20N2O. The molecular weight excluding hydrogens is 212 g/mol. The molecule has 0 aliphatic heterocycles. The van der Waals surface area contributed by atoms with E-state index >= 15 is 0 Å². The lowest BCUT2D eigenvalue weighted by Gasteiger charge is -2.28. The Morgan fingerprint density at radius 2 is 1.94 bits per heavy atom. The van der Waals surface area contributed by atoms with Gasteiger partial charge in [0, 0.05) is 12.6 Å². The fourth-order valence-electron chi connectivity index (χ4n) is 1.82. The summed E-state index contributed by atoms with van der Waals surface area (Å²) < 4.78 is 0. The summed E-state index contributed by atoms with van der Waals surface area (Å²) in [7, 11) is 0. The Morgan fingerprint density at radius 1 is 1.35 bits per heavy atom. The van der Waals surface area contributed by atoms with Gasteiger partial charge in [0.1, 0.15) is 0 Å². The van der Waals surface area contributed by atoms with E-state index < -0.39 is 0 Å². The Bertz CT molecular complexity index is 370. The van der Waals surface area contributed by atoms with Crippen LogP contribution in [0.25, 0.3) is 0 Å². The summed E-state index contributed by atoms with van der Waals surface area (Å²) in [5, 5.41) is 0. The Hall–Kier alpha value is -1.61. The van der Waals surface area contributed by atoms with Gasteiger partial charge in [-0.15, -0.1) is 0 Å². The number of hydrogen-bond acceptors (Lipinski definition) is 2. The minimum Gasteiger partial charge on any atom is -0.369 e. The van der Waals surface area contributed by atoms with Crippen LogP contribution in [0, 0.1) is 0 Å². The number of hydrogen-bond donors (Lipinski definition) is 1. The molecule has 1 amide bonds. The average Bonchev–Trinajstić information content (AvgIpc) is 2.27. The van der Waals surface area contributed by atoms with Crippen molar-refractivity contribution in [1.29, 1.82) is 0 Å². The Kier molecular flexibility index (Phi) is 4.91. The predicted molar refractivity (Wildman–Crippen MR) is 70.4 cm³/mol. The van der Waals surface area contributed by atoms with Gasteiger partial charge in [0.2, 0.25) is 5.91 Å². The minimum absolute atomic E-state index is 0.153. The fraction of sp³-hybridized carbons (Fsp3) is 0.357. The van der Waals surface area contributed by atoms with E-state index in [1.54, 1.807) is 0 Å². The SMILES string of the molecule is C=C(C)CN(CC(N)=O)[C@H](C)c1ccccc1. The van der Waals surface area contributed by atoms with Crippen LogP contribution in [0.1, 0.15) is 25.5 Å². The van der Waals surface area contributed by atoms with Gasteiger partial charge < -0.3 is 5.73 Å². The molecule has 2 N–H and O–H groups in total. The first-order chi connectivity index (χ1) is 8.00. The van der Waals surface area contributed by atoms with Crippen molar-refractivity contribution in [2.75, 3.05) is 13.1 Å². The van der Waals surface area contributed by atoms with Crippen LogP contribution >= 0.6 is 0 Å². The fourth-order valence-corrected chi connectivity index (χ4v) is 1.82. The smallest absolute Gasteiger partial charge is 0.231 e. The van der Waals surface area contributed by atoms with Gasteiger partial charge in [-0.3, -0.25) is 9.69 Å². The van der Waals surface area contributed by atoms with E-state index in [1.165, 1.54) is 5.56 Å². The molecule has 0 aliphatic rings. The molecule has 0 heterocycles. The average molecular weight is 232 g/mol. The lowest BCUT2D eigenvalue weighted by atomic mass is 10.1. The van der Waals surface area contributed by atoms with Gasteiger partial charge in [-0.05, 0) is 19.4 Å². The predicted octanol–water partition coefficient (Wildman–Crippen LogP) is 2.11. The molecule has 0 unspecified atom stereocenters. The summed E-state index contributed by atoms with van der Waals surface area (Å²) in [5.41, 5.74) is 7.47. The van der Waals surface area contributed by atoms with Gasteiger partial charge in [-0.25, -0.2) is 0 Å². The van der Waals surface area contributed by atoms with E-state index in [4.69, 9.17) is 5.73 Å². The first-order valence-electron chi connectivity index (χ1n) is 5.72. The summed E-state index contributed by atoms with van der Waals surface area (Å²) in [4.78, 5) is 13.1. The lowest BCUT2D eigenvalue weighted by Crippen LogP contribution is -2.36. The maximum absolute atomic E-state index is 11.1. The molecule has 0 saturated heterocycles. The van der Waals surface area contributed by atoms with Crippen LogP contribution in [-0.2, 0) is 4.79 Å². The highest BCUT2D eigenvalue weighted by atomic mass is 16.1. The van der Waals surface area contributed by atoms with Crippen molar-refractivity contribution < 1.29 is 4.79 Å². The maximum atomic E-state index is 11.1. The molecule has 1 rings (SSSR count). The number of carbonyl (C=O) groups is 1. The van der Waals surface area contributed by atoms with E-state index in [0.717, 1.165) is 5.57 Å². The third kappa shape index (κ3) is 4.41. The second kappa shape index (κ2) is 6.21. The van der Waals surface area contributed by atoms with Gasteiger partial charge in [0.05, 0.1) is 6.54 Å². The summed E-state index contributed by atoms with van der Waals surface area (Å²) in [5.74, 6) is -0.311. The number of benzene rings is 1. The van der Waals surface area contributed by atoms with Crippen LogP contribution in [0.2, 0.25) is 0 Å². The molecule has 0 bridgehead atoms. The normalized spacial score (nSPS) is 12.4. The first kappa shape index (κ1) is 13.5. The molecule has 1 aromatic rings. The number of rotatable bonds is 6. The van der Waals surface area contributed by atoms with Crippen LogP contribution in [0.3, 0.4) is 0 Å². The Morgan fingerprint density at radius 3 is 2.41 bits per heavy atom. The highest BCUT2D eigenvalue weighted by Crippen LogP contribution is 2.20. The molecule has 17 heavy (non-hydrogen) atoms. The van der Waals surface area contributed by atoms with Gasteiger partial charge >= 0.3 is 0 Å². The van der Waals surface area contributed by atoms with Gasteiger partial charge in [0.15, 0.2) is 0 Å². The molecule has 0 spiro atoms. The molecule has 92 valence electrons. The zero-order valence-corrected chi connectivity index (χ0v) is 10.5. The molecule has 0 radical (unpaired) electrons. The van der Waals surface area contributed by atoms with Crippen molar-refractivity contribution in [3.05, 3.63) is 48.0 Å². The van der Waals surface area contributed by atoms with Gasteiger partial charge in [0.25, 0.3) is 0 Å². The van der Waals surface area contributed by atoms with E-state index in [-0.39, 0.29) is 18.5 Å². The van der Waals surface area contributed by atoms with Gasteiger partial charge in [-0.1, -0.05) is 42.5 Å². The summed E-state index contributed by atoms with van der Waals surface area (Å²) in [6.45, 7) is 8.84. The maximum Gasteiger partial charge on any atom is 0.231 e. The first-order valence-corrected chi connectivity index (χ1v) is 5.72. The summed E-state index contributed by atoms with van der Waals surface area (Å²) in [6.07, 6.45) is 0. The number of amides is 1. The van der Waals surface area contributed by atoms with Crippen LogP contribution < -0.4 is 5.73 Å². The topological polar surface area (TPSA) is 46.3 Å². The molecule has 3 nitrogen and oxygen atoms in total. The largest absolute Gasteiger partial charge is 0.369 e. The van der Waals surface area contributed by atoms with Crippen LogP contribution in [0.15, 0.2) is 42.5 Å². The number of nitrogens with zero attached hydrogens (tertiary/aromatic N) is 1. The van der Waals surface area contributed by atoms with E-state index in [0.29, 0.717) is 6.54 Å². The third-order valence-corrected chi connectivity index (χ3v) is 2.66. The second-order valence-electron chi connectivity index (χ2n) is 4.42. The van der Waals surface area contributed by atoms with Crippen molar-refractivity contribution >= 4 is 5.91 Å². The molecule has 1 atom stereocenters. The van der Waals surface area contributed by atoms with E-state index in [1.807, 2.05) is 30.0 Å². The van der Waals surface area contributed by atoms with E-state index in [2.05, 4.69) is 25.6 Å². The minimum atomic E-state index is -0.311. The lowest BCUT2D eigenvalue weighted by molar-refractivity contribution is -0.119. The van der Waals surface area contributed by atoms with E-state index in [9.17, 15) is 4.79 Å². The quantitative estimate of drug-likeness (QED) is 0.764. The molecule has 1 aromatic carbocycles. The number of carbonyl (C=O) groups excluding carboxylic acids is 1. The second-order valence-corrected chi connectivity index (χ2v) is 4.42. The van der Waals surface area contributed by atoms with Crippen LogP contribution in [0.5, 0.6) is 0 Å². The molecule has 0 fully saturated rings. The summed E-state index contributed by atoms with van der Waals surface area (Å²) in [6, 6.07) is 10.2. The highest BCUT2D eigenvalue weighted by molar-refractivity contribution is 5.76. The zero-order valence-electron chi connectivity index (χ0n) is 10.5. The zero-order chi connectivity index (χ0) is 12.8. The Labute approximate surface area is 103 Å². The van der Waals surface area contributed by atoms with Crippen molar-refractivity contribution in [3.8, 4) is 0 Å². The molecule has 0 aliphatic carbocycles. The monoisotopic (exact) mass is 232 g/mol. The van der Waals surface area contributed by atoms with Crippen LogP contribution in [0.4, 0.5) is 0 Å². The number of nitrogens with two attached hydrogens (primary N) is 1. The van der Waals surface area contributed by atoms with Crippen molar-refractivity contribution in [3.63, 3.8) is 0 Å². The number of primary amides is 1. The molecule has 3 heteroatoms. The summed E-state index contributed by atoms with van der Waals surface area (Å²) >= 11 is 0. The van der Waals surface area contributed by atoms with Crippen LogP contribution in [-0.4, -0.2) is 23.9 Å². The van der Waals surface area contributed by atoms with Crippen molar-refractivity contribution in [1.82, 2.24) is 4.90 Å².